The number of nitrogens with zero attached hydrogens (tertiary/aromatic N) is 2. The number of carbonyl (C=O) groups excluding carboxylic acids is 1. The Morgan fingerprint density at radius 1 is 0.973 bits per heavy atom. The predicted octanol–water partition coefficient (Wildman–Crippen LogP) is 3.84. The molecule has 0 aliphatic heterocycles. The highest BCUT2D eigenvalue weighted by Gasteiger charge is 2.17. The summed E-state index contributed by atoms with van der Waals surface area (Å²) in [5, 5.41) is 12.8. The molecule has 0 aliphatic rings. The number of aromatic nitrogens is 1. The van der Waals surface area contributed by atoms with Gasteiger partial charge in [-0.3, -0.25) is 14.2 Å². The van der Waals surface area contributed by atoms with Crippen molar-refractivity contribution in [1.29, 1.82) is 5.26 Å². The van der Waals surface area contributed by atoms with Gasteiger partial charge in [-0.1, -0.05) is 36.4 Å². The second kappa shape index (κ2) is 11.9. The van der Waals surface area contributed by atoms with Crippen LogP contribution in [0.5, 0.6) is 11.5 Å². The van der Waals surface area contributed by atoms with Crippen LogP contribution in [0.1, 0.15) is 19.4 Å². The Morgan fingerprint density at radius 2 is 1.65 bits per heavy atom. The van der Waals surface area contributed by atoms with Gasteiger partial charge in [0.05, 0.1) is 23.4 Å². The van der Waals surface area contributed by atoms with Crippen molar-refractivity contribution in [3.8, 4) is 23.3 Å². The number of thiazole rings is 1. The lowest BCUT2D eigenvalue weighted by Gasteiger charge is -2.07. The maximum absolute atomic E-state index is 13.6. The molecule has 0 bridgehead atoms. The Balaban J connectivity index is 1.88. The number of anilines is 1. The van der Waals surface area contributed by atoms with E-state index >= 15 is 0 Å². The highest BCUT2D eigenvalue weighted by Crippen LogP contribution is 2.19. The van der Waals surface area contributed by atoms with Crippen LogP contribution in [-0.4, -0.2) is 23.7 Å². The highest BCUT2D eigenvalue weighted by atomic mass is 32.1. The number of hydrogen-bond donors (Lipinski definition) is 1. The van der Waals surface area contributed by atoms with Crippen LogP contribution < -0.4 is 29.5 Å². The summed E-state index contributed by atoms with van der Waals surface area (Å²) < 4.78 is 13.1. The second-order valence-corrected chi connectivity index (χ2v) is 8.79. The minimum absolute atomic E-state index is 0.169. The first-order chi connectivity index (χ1) is 18.0. The summed E-state index contributed by atoms with van der Waals surface area (Å²) in [7, 11) is 0. The molecule has 0 saturated heterocycles. The van der Waals surface area contributed by atoms with Gasteiger partial charge in [0, 0.05) is 11.3 Å². The number of nitriles is 1. The van der Waals surface area contributed by atoms with Crippen molar-refractivity contribution in [3.05, 3.63) is 104 Å². The zero-order valence-electron chi connectivity index (χ0n) is 20.4. The predicted molar refractivity (Wildman–Crippen MR) is 146 cm³/mol. The van der Waals surface area contributed by atoms with Gasteiger partial charge >= 0.3 is 0 Å². The summed E-state index contributed by atoms with van der Waals surface area (Å²) >= 11 is 1.08. The largest absolute Gasteiger partial charge is 0.494 e. The SMILES string of the molecule is CCOc1ccc(NC(=O)/C(C#N)=c2\s/c(=C\c3ccccc3OCC)c(=O)n2-c2ccccc2)cc1. The highest BCUT2D eigenvalue weighted by molar-refractivity contribution is 7.07. The first-order valence-electron chi connectivity index (χ1n) is 11.7. The first kappa shape index (κ1) is 25.5. The lowest BCUT2D eigenvalue weighted by Crippen LogP contribution is -2.32. The molecule has 0 saturated carbocycles. The number of benzene rings is 3. The quantitative estimate of drug-likeness (QED) is 0.388. The summed E-state index contributed by atoms with van der Waals surface area (Å²) in [6.45, 7) is 4.78. The smallest absolute Gasteiger partial charge is 0.273 e. The van der Waals surface area contributed by atoms with Gasteiger partial charge in [-0.05, 0) is 62.4 Å². The zero-order valence-corrected chi connectivity index (χ0v) is 21.2. The van der Waals surface area contributed by atoms with E-state index in [0.717, 1.165) is 16.9 Å². The second-order valence-electron chi connectivity index (χ2n) is 7.76. The minimum Gasteiger partial charge on any atom is -0.494 e. The fourth-order valence-electron chi connectivity index (χ4n) is 3.68. The summed E-state index contributed by atoms with van der Waals surface area (Å²) in [5.74, 6) is 0.705. The molecule has 1 aromatic heterocycles. The van der Waals surface area contributed by atoms with E-state index in [2.05, 4.69) is 5.32 Å². The van der Waals surface area contributed by atoms with Gasteiger partial charge < -0.3 is 14.8 Å². The number of carbonyl (C=O) groups is 1. The van der Waals surface area contributed by atoms with Crippen LogP contribution >= 0.6 is 11.3 Å². The molecule has 0 radical (unpaired) electrons. The minimum atomic E-state index is -0.612. The maximum Gasteiger partial charge on any atom is 0.273 e. The molecule has 8 heteroatoms. The molecule has 3 aromatic carbocycles. The molecule has 0 fully saturated rings. The summed E-state index contributed by atoms with van der Waals surface area (Å²) in [5.41, 5.74) is 1.28. The number of hydrogen-bond acceptors (Lipinski definition) is 6. The average molecular weight is 512 g/mol. The molecule has 0 spiro atoms. The third-order valence-electron chi connectivity index (χ3n) is 5.32. The zero-order chi connectivity index (χ0) is 26.2. The van der Waals surface area contributed by atoms with Crippen LogP contribution in [0.25, 0.3) is 17.3 Å². The lowest BCUT2D eigenvalue weighted by atomic mass is 10.2. The topological polar surface area (TPSA) is 93.3 Å². The Kier molecular flexibility index (Phi) is 8.18. The van der Waals surface area contributed by atoms with Gasteiger partial charge in [-0.25, -0.2) is 0 Å². The monoisotopic (exact) mass is 511 g/mol. The Labute approximate surface area is 218 Å². The van der Waals surface area contributed by atoms with E-state index < -0.39 is 5.91 Å². The fourth-order valence-corrected chi connectivity index (χ4v) is 4.77. The van der Waals surface area contributed by atoms with Crippen LogP contribution in [0, 0.1) is 11.3 Å². The van der Waals surface area contributed by atoms with Crippen LogP contribution in [0.2, 0.25) is 0 Å². The van der Waals surface area contributed by atoms with Crippen LogP contribution in [0.3, 0.4) is 0 Å². The summed E-state index contributed by atoms with van der Waals surface area (Å²) in [6, 6.07) is 25.2. The molecule has 0 unspecified atom stereocenters. The number of ether oxygens (including phenoxy) is 2. The number of amides is 1. The van der Waals surface area contributed by atoms with E-state index in [1.54, 1.807) is 54.6 Å². The van der Waals surface area contributed by atoms with E-state index in [9.17, 15) is 14.9 Å². The first-order valence-corrected chi connectivity index (χ1v) is 12.6. The number of rotatable bonds is 8. The molecule has 37 heavy (non-hydrogen) atoms. The van der Waals surface area contributed by atoms with Crippen molar-refractivity contribution in [3.63, 3.8) is 0 Å². The van der Waals surface area contributed by atoms with Gasteiger partial charge in [0.1, 0.15) is 22.2 Å². The van der Waals surface area contributed by atoms with Gasteiger partial charge in [0.15, 0.2) is 5.57 Å². The molecule has 186 valence electrons. The fraction of sp³-hybridized carbons (Fsp3) is 0.138. The molecule has 0 atom stereocenters. The van der Waals surface area contributed by atoms with E-state index in [-0.39, 0.29) is 15.8 Å². The van der Waals surface area contributed by atoms with Crippen molar-refractivity contribution < 1.29 is 14.3 Å². The van der Waals surface area contributed by atoms with E-state index in [1.807, 2.05) is 50.2 Å². The molecule has 0 aliphatic carbocycles. The van der Waals surface area contributed by atoms with E-state index in [4.69, 9.17) is 9.47 Å². The van der Waals surface area contributed by atoms with Crippen LogP contribution in [0.15, 0.2) is 83.7 Å². The molecule has 1 amide bonds. The Hall–Kier alpha value is -4.61. The molecule has 7 nitrogen and oxygen atoms in total. The van der Waals surface area contributed by atoms with Crippen molar-refractivity contribution in [2.45, 2.75) is 13.8 Å². The molecule has 4 aromatic rings. The Morgan fingerprint density at radius 3 is 2.32 bits per heavy atom. The van der Waals surface area contributed by atoms with Crippen molar-refractivity contribution in [1.82, 2.24) is 4.57 Å². The van der Waals surface area contributed by atoms with E-state index in [1.165, 1.54) is 4.57 Å². The van der Waals surface area contributed by atoms with Crippen molar-refractivity contribution in [2.75, 3.05) is 18.5 Å². The maximum atomic E-state index is 13.6. The Bertz CT molecular complexity index is 1610. The van der Waals surface area contributed by atoms with Gasteiger partial charge in [-0.2, -0.15) is 5.26 Å². The van der Waals surface area contributed by atoms with Crippen molar-refractivity contribution >= 4 is 34.6 Å². The van der Waals surface area contributed by atoms with Crippen LogP contribution in [0.4, 0.5) is 5.69 Å². The third kappa shape index (κ3) is 5.80. The average Bonchev–Trinajstić information content (AvgIpc) is 3.22. The molecular weight excluding hydrogens is 486 g/mol. The van der Waals surface area contributed by atoms with Gasteiger partial charge in [0.2, 0.25) is 0 Å². The van der Waals surface area contributed by atoms with E-state index in [0.29, 0.717) is 40.6 Å². The van der Waals surface area contributed by atoms with Crippen LogP contribution in [-0.2, 0) is 4.79 Å². The van der Waals surface area contributed by atoms with Gasteiger partial charge in [0.25, 0.3) is 11.5 Å². The molecule has 1 N–H and O–H groups in total. The van der Waals surface area contributed by atoms with Gasteiger partial charge in [-0.15, -0.1) is 11.3 Å². The summed E-state index contributed by atoms with van der Waals surface area (Å²) in [6.07, 6.45) is 1.72. The normalized spacial score (nSPS) is 12.0. The third-order valence-corrected chi connectivity index (χ3v) is 6.41. The summed E-state index contributed by atoms with van der Waals surface area (Å²) in [4.78, 5) is 26.8. The molecule has 1 heterocycles. The molecule has 4 rings (SSSR count). The van der Waals surface area contributed by atoms with Crippen molar-refractivity contribution in [2.24, 2.45) is 0 Å². The number of para-hydroxylation sites is 2. The number of nitrogens with one attached hydrogen (secondary N) is 1. The molecular formula is C29H25N3O4S. The lowest BCUT2D eigenvalue weighted by molar-refractivity contribution is -0.111. The standard InChI is InChI=1S/C29H25N3O4S/c1-3-35-23-16-14-21(15-17-23)31-27(33)24(19-30)29-32(22-11-6-5-7-12-22)28(34)26(37-29)18-20-10-8-9-13-25(20)36-4-2/h5-18H,3-4H2,1-2H3,(H,31,33)/b26-18-,29-24-.